The lowest BCUT2D eigenvalue weighted by Gasteiger charge is -2.07. The number of esters is 1. The average Bonchev–Trinajstić information content (AvgIpc) is 3.10. The summed E-state index contributed by atoms with van der Waals surface area (Å²) in [5, 5.41) is 0.586. The standard InChI is InChI=1S/C21H19ClN2O3/c1-24-13-12-23-20(24)15-26-18-9-6-16(7-10-18)14-27-21(25)11-8-17-4-2-3-5-19(17)22/h2-13H,14-15H2,1H3/b11-8+. The van der Waals surface area contributed by atoms with E-state index in [-0.39, 0.29) is 6.61 Å². The first-order valence-electron chi connectivity index (χ1n) is 8.39. The fraction of sp³-hybridized carbons (Fsp3) is 0.143. The fourth-order valence-electron chi connectivity index (χ4n) is 2.34. The number of rotatable bonds is 7. The maximum atomic E-state index is 11.8. The van der Waals surface area contributed by atoms with Crippen LogP contribution >= 0.6 is 11.6 Å². The molecule has 3 rings (SSSR count). The summed E-state index contributed by atoms with van der Waals surface area (Å²) in [6.45, 7) is 0.579. The van der Waals surface area contributed by atoms with E-state index >= 15 is 0 Å². The van der Waals surface area contributed by atoms with Crippen molar-refractivity contribution in [2.24, 2.45) is 7.05 Å². The van der Waals surface area contributed by atoms with Crippen LogP contribution in [0.4, 0.5) is 0 Å². The molecule has 138 valence electrons. The Labute approximate surface area is 162 Å². The van der Waals surface area contributed by atoms with Crippen LogP contribution in [0.2, 0.25) is 5.02 Å². The van der Waals surface area contributed by atoms with Crippen LogP contribution in [0, 0.1) is 0 Å². The minimum absolute atomic E-state index is 0.186. The predicted molar refractivity (Wildman–Crippen MR) is 104 cm³/mol. The summed E-state index contributed by atoms with van der Waals surface area (Å²) in [6, 6.07) is 14.7. The molecule has 0 bridgehead atoms. The summed E-state index contributed by atoms with van der Waals surface area (Å²) in [7, 11) is 1.92. The number of hydrogen-bond acceptors (Lipinski definition) is 4. The lowest BCUT2D eigenvalue weighted by atomic mass is 10.2. The van der Waals surface area contributed by atoms with Gasteiger partial charge in [0.1, 0.15) is 24.8 Å². The Morgan fingerprint density at radius 2 is 1.93 bits per heavy atom. The zero-order valence-corrected chi connectivity index (χ0v) is 15.6. The largest absolute Gasteiger partial charge is 0.486 e. The van der Waals surface area contributed by atoms with Gasteiger partial charge in [-0.05, 0) is 35.4 Å². The second-order valence-electron chi connectivity index (χ2n) is 5.85. The molecular formula is C21H19ClN2O3. The number of carbonyl (C=O) groups is 1. The number of benzene rings is 2. The van der Waals surface area contributed by atoms with Crippen LogP contribution in [-0.4, -0.2) is 15.5 Å². The Hall–Kier alpha value is -3.05. The van der Waals surface area contributed by atoms with Crippen molar-refractivity contribution in [3.8, 4) is 5.75 Å². The van der Waals surface area contributed by atoms with Crippen LogP contribution in [0.1, 0.15) is 17.0 Å². The van der Waals surface area contributed by atoms with E-state index in [2.05, 4.69) is 4.98 Å². The molecular weight excluding hydrogens is 364 g/mol. The number of halogens is 1. The van der Waals surface area contributed by atoms with Gasteiger partial charge in [-0.2, -0.15) is 0 Å². The smallest absolute Gasteiger partial charge is 0.331 e. The number of ether oxygens (including phenoxy) is 2. The molecule has 0 saturated carbocycles. The normalized spacial score (nSPS) is 10.9. The maximum absolute atomic E-state index is 11.8. The quantitative estimate of drug-likeness (QED) is 0.448. The molecule has 0 N–H and O–H groups in total. The third kappa shape index (κ3) is 5.46. The van der Waals surface area contributed by atoms with Crippen molar-refractivity contribution in [2.75, 3.05) is 0 Å². The number of hydrogen-bond donors (Lipinski definition) is 0. The summed E-state index contributed by atoms with van der Waals surface area (Å²) in [6.07, 6.45) is 6.61. The summed E-state index contributed by atoms with van der Waals surface area (Å²) in [5.41, 5.74) is 1.64. The van der Waals surface area contributed by atoms with Crippen LogP contribution in [0.3, 0.4) is 0 Å². The zero-order chi connectivity index (χ0) is 19.1. The summed E-state index contributed by atoms with van der Waals surface area (Å²) in [5.74, 6) is 1.15. The molecule has 0 aliphatic carbocycles. The topological polar surface area (TPSA) is 53.4 Å². The third-order valence-corrected chi connectivity index (χ3v) is 4.24. The molecule has 0 spiro atoms. The Morgan fingerprint density at radius 3 is 2.63 bits per heavy atom. The second kappa shape index (κ2) is 9.05. The van der Waals surface area contributed by atoms with Crippen molar-refractivity contribution in [1.82, 2.24) is 9.55 Å². The average molecular weight is 383 g/mol. The highest BCUT2D eigenvalue weighted by Gasteiger charge is 2.03. The highest BCUT2D eigenvalue weighted by molar-refractivity contribution is 6.32. The Morgan fingerprint density at radius 1 is 1.15 bits per heavy atom. The molecule has 1 heterocycles. The van der Waals surface area contributed by atoms with Gasteiger partial charge in [0.2, 0.25) is 0 Å². The van der Waals surface area contributed by atoms with Crippen LogP contribution in [-0.2, 0) is 29.8 Å². The first-order chi connectivity index (χ1) is 13.1. The van der Waals surface area contributed by atoms with Crippen LogP contribution in [0.15, 0.2) is 67.0 Å². The molecule has 3 aromatic rings. The predicted octanol–water partition coefficient (Wildman–Crippen LogP) is 4.41. The molecule has 5 nitrogen and oxygen atoms in total. The molecule has 0 aliphatic rings. The number of aromatic nitrogens is 2. The van der Waals surface area contributed by atoms with Crippen molar-refractivity contribution in [1.29, 1.82) is 0 Å². The van der Waals surface area contributed by atoms with Crippen LogP contribution in [0.25, 0.3) is 6.08 Å². The zero-order valence-electron chi connectivity index (χ0n) is 14.8. The lowest BCUT2D eigenvalue weighted by molar-refractivity contribution is -0.138. The van der Waals surface area contributed by atoms with Crippen molar-refractivity contribution in [2.45, 2.75) is 13.2 Å². The minimum Gasteiger partial charge on any atom is -0.486 e. The fourth-order valence-corrected chi connectivity index (χ4v) is 2.53. The van der Waals surface area contributed by atoms with E-state index < -0.39 is 5.97 Å². The molecule has 0 atom stereocenters. The van der Waals surface area contributed by atoms with Crippen molar-refractivity contribution in [3.05, 3.63) is 89.0 Å². The van der Waals surface area contributed by atoms with Crippen LogP contribution in [0.5, 0.6) is 5.75 Å². The highest BCUT2D eigenvalue weighted by atomic mass is 35.5. The van der Waals surface area contributed by atoms with Gasteiger partial charge < -0.3 is 14.0 Å². The van der Waals surface area contributed by atoms with Crippen molar-refractivity contribution < 1.29 is 14.3 Å². The van der Waals surface area contributed by atoms with Gasteiger partial charge in [-0.15, -0.1) is 0 Å². The first kappa shape index (κ1) is 18.7. The molecule has 1 aromatic heterocycles. The van der Waals surface area contributed by atoms with E-state index in [4.69, 9.17) is 21.1 Å². The molecule has 0 amide bonds. The molecule has 0 saturated heterocycles. The van der Waals surface area contributed by atoms with E-state index in [0.29, 0.717) is 11.6 Å². The van der Waals surface area contributed by atoms with Gasteiger partial charge in [-0.1, -0.05) is 41.9 Å². The molecule has 0 aliphatic heterocycles. The maximum Gasteiger partial charge on any atom is 0.331 e. The SMILES string of the molecule is Cn1ccnc1COc1ccc(COC(=O)/C=C/c2ccccc2Cl)cc1. The monoisotopic (exact) mass is 382 g/mol. The van der Waals surface area contributed by atoms with Gasteiger partial charge in [0.25, 0.3) is 0 Å². The Bertz CT molecular complexity index is 933. The van der Waals surface area contributed by atoms with E-state index in [1.54, 1.807) is 18.3 Å². The van der Waals surface area contributed by atoms with Gasteiger partial charge in [-0.25, -0.2) is 9.78 Å². The molecule has 0 unspecified atom stereocenters. The van der Waals surface area contributed by atoms with Crippen molar-refractivity contribution >= 4 is 23.6 Å². The van der Waals surface area contributed by atoms with Gasteiger partial charge in [0.05, 0.1) is 0 Å². The van der Waals surface area contributed by atoms with E-state index in [0.717, 1.165) is 22.7 Å². The van der Waals surface area contributed by atoms with E-state index in [1.165, 1.54) is 6.08 Å². The number of carbonyl (C=O) groups excluding carboxylic acids is 1. The molecule has 2 aromatic carbocycles. The number of imidazole rings is 1. The number of nitrogens with zero attached hydrogens (tertiary/aromatic N) is 2. The minimum atomic E-state index is -0.426. The lowest BCUT2D eigenvalue weighted by Crippen LogP contribution is -2.03. The number of aryl methyl sites for hydroxylation is 1. The molecule has 0 radical (unpaired) electrons. The van der Waals surface area contributed by atoms with Gasteiger partial charge in [-0.3, -0.25) is 0 Å². The third-order valence-electron chi connectivity index (χ3n) is 3.90. The first-order valence-corrected chi connectivity index (χ1v) is 8.77. The van der Waals surface area contributed by atoms with E-state index in [1.807, 2.05) is 60.3 Å². The van der Waals surface area contributed by atoms with Crippen LogP contribution < -0.4 is 4.74 Å². The summed E-state index contributed by atoms with van der Waals surface area (Å²) >= 11 is 6.04. The van der Waals surface area contributed by atoms with Gasteiger partial charge >= 0.3 is 5.97 Å². The summed E-state index contributed by atoms with van der Waals surface area (Å²) < 4.78 is 12.8. The van der Waals surface area contributed by atoms with Crippen molar-refractivity contribution in [3.63, 3.8) is 0 Å². The van der Waals surface area contributed by atoms with Gasteiger partial charge in [0.15, 0.2) is 0 Å². The second-order valence-corrected chi connectivity index (χ2v) is 6.26. The molecule has 27 heavy (non-hydrogen) atoms. The highest BCUT2D eigenvalue weighted by Crippen LogP contribution is 2.17. The van der Waals surface area contributed by atoms with E-state index in [9.17, 15) is 4.79 Å². The molecule has 6 heteroatoms. The van der Waals surface area contributed by atoms with Gasteiger partial charge in [0, 0.05) is 30.5 Å². The Balaban J connectivity index is 1.47. The summed E-state index contributed by atoms with van der Waals surface area (Å²) in [4.78, 5) is 16.1. The molecule has 0 fully saturated rings. The Kier molecular flexibility index (Phi) is 6.28.